The standard InChI is InChI=1S/C9H7F3N4/c10-9(11,12)6-2-1-3-7(4-6)16-5-8(13)14-15-16/h1-5H,13H2. The molecule has 0 radical (unpaired) electrons. The largest absolute Gasteiger partial charge is 0.416 e. The minimum absolute atomic E-state index is 0.150. The maximum absolute atomic E-state index is 12.4. The van der Waals surface area contributed by atoms with E-state index in [2.05, 4.69) is 10.3 Å². The van der Waals surface area contributed by atoms with Crippen molar-refractivity contribution in [2.24, 2.45) is 0 Å². The molecule has 0 saturated heterocycles. The number of hydrogen-bond acceptors (Lipinski definition) is 3. The molecule has 2 N–H and O–H groups in total. The van der Waals surface area contributed by atoms with Gasteiger partial charge in [-0.05, 0) is 18.2 Å². The Labute approximate surface area is 88.5 Å². The van der Waals surface area contributed by atoms with Crippen LogP contribution in [0.4, 0.5) is 19.0 Å². The molecule has 16 heavy (non-hydrogen) atoms. The summed E-state index contributed by atoms with van der Waals surface area (Å²) in [6, 6.07) is 4.76. The fraction of sp³-hybridized carbons (Fsp3) is 0.111. The summed E-state index contributed by atoms with van der Waals surface area (Å²) in [6.45, 7) is 0. The van der Waals surface area contributed by atoms with Crippen LogP contribution in [0.2, 0.25) is 0 Å². The second-order valence-corrected chi connectivity index (χ2v) is 3.14. The zero-order chi connectivity index (χ0) is 11.8. The van der Waals surface area contributed by atoms with Gasteiger partial charge in [0.05, 0.1) is 17.4 Å². The number of nitrogens with zero attached hydrogens (tertiary/aromatic N) is 3. The van der Waals surface area contributed by atoms with Crippen LogP contribution in [0.25, 0.3) is 5.69 Å². The first kappa shape index (κ1) is 10.5. The maximum atomic E-state index is 12.4. The van der Waals surface area contributed by atoms with Gasteiger partial charge >= 0.3 is 6.18 Å². The SMILES string of the molecule is Nc1cn(-c2cccc(C(F)(F)F)c2)nn1. The van der Waals surface area contributed by atoms with Gasteiger partial charge in [0.25, 0.3) is 0 Å². The molecule has 0 aliphatic rings. The summed E-state index contributed by atoms with van der Waals surface area (Å²) in [4.78, 5) is 0. The van der Waals surface area contributed by atoms with E-state index >= 15 is 0 Å². The molecule has 1 aromatic heterocycles. The molecule has 0 amide bonds. The van der Waals surface area contributed by atoms with E-state index < -0.39 is 11.7 Å². The summed E-state index contributed by atoms with van der Waals surface area (Å²) in [5.74, 6) is 0.150. The average Bonchev–Trinajstić information content (AvgIpc) is 2.64. The third-order valence-electron chi connectivity index (χ3n) is 1.95. The number of hydrogen-bond donors (Lipinski definition) is 1. The molecule has 0 aliphatic carbocycles. The Balaban J connectivity index is 2.44. The molecule has 2 aromatic rings. The van der Waals surface area contributed by atoms with E-state index in [4.69, 9.17) is 5.73 Å². The number of halogens is 3. The van der Waals surface area contributed by atoms with Crippen LogP contribution in [-0.2, 0) is 6.18 Å². The van der Waals surface area contributed by atoms with E-state index in [0.29, 0.717) is 0 Å². The molecule has 0 bridgehead atoms. The number of rotatable bonds is 1. The molecule has 7 heteroatoms. The summed E-state index contributed by atoms with van der Waals surface area (Å²) in [7, 11) is 0. The summed E-state index contributed by atoms with van der Waals surface area (Å²) in [5, 5.41) is 7.08. The Kier molecular flexibility index (Phi) is 2.30. The van der Waals surface area contributed by atoms with E-state index in [-0.39, 0.29) is 11.5 Å². The average molecular weight is 228 g/mol. The van der Waals surface area contributed by atoms with Crippen molar-refractivity contribution in [1.82, 2.24) is 15.0 Å². The monoisotopic (exact) mass is 228 g/mol. The van der Waals surface area contributed by atoms with Gasteiger partial charge in [-0.15, -0.1) is 5.10 Å². The van der Waals surface area contributed by atoms with Crippen molar-refractivity contribution < 1.29 is 13.2 Å². The maximum Gasteiger partial charge on any atom is 0.416 e. The Hall–Kier alpha value is -2.05. The molecular weight excluding hydrogens is 221 g/mol. The molecule has 0 aliphatic heterocycles. The number of aromatic nitrogens is 3. The van der Waals surface area contributed by atoms with Crippen LogP contribution in [0.3, 0.4) is 0 Å². The van der Waals surface area contributed by atoms with Crippen molar-refractivity contribution in [3.05, 3.63) is 36.0 Å². The van der Waals surface area contributed by atoms with Gasteiger partial charge < -0.3 is 5.73 Å². The molecule has 0 fully saturated rings. The van der Waals surface area contributed by atoms with E-state index in [0.717, 1.165) is 12.1 Å². The Morgan fingerprint density at radius 2 is 2.00 bits per heavy atom. The van der Waals surface area contributed by atoms with E-state index in [1.807, 2.05) is 0 Å². The number of nitrogens with two attached hydrogens (primary N) is 1. The van der Waals surface area contributed by atoms with Crippen molar-refractivity contribution in [3.63, 3.8) is 0 Å². The fourth-order valence-corrected chi connectivity index (χ4v) is 1.23. The molecule has 1 aromatic carbocycles. The Bertz CT molecular complexity index is 503. The number of anilines is 1. The zero-order valence-electron chi connectivity index (χ0n) is 7.94. The highest BCUT2D eigenvalue weighted by Crippen LogP contribution is 2.30. The van der Waals surface area contributed by atoms with Crippen LogP contribution in [0.5, 0.6) is 0 Å². The van der Waals surface area contributed by atoms with Gasteiger partial charge in [-0.1, -0.05) is 11.3 Å². The third-order valence-corrected chi connectivity index (χ3v) is 1.95. The first-order chi connectivity index (χ1) is 7.47. The first-order valence-corrected chi connectivity index (χ1v) is 4.32. The van der Waals surface area contributed by atoms with Crippen molar-refractivity contribution in [3.8, 4) is 5.69 Å². The van der Waals surface area contributed by atoms with Gasteiger partial charge in [0, 0.05) is 0 Å². The van der Waals surface area contributed by atoms with Crippen LogP contribution in [0.15, 0.2) is 30.5 Å². The summed E-state index contributed by atoms with van der Waals surface area (Å²) in [5.41, 5.74) is 4.85. The smallest absolute Gasteiger partial charge is 0.381 e. The highest BCUT2D eigenvalue weighted by Gasteiger charge is 2.30. The summed E-state index contributed by atoms with van der Waals surface area (Å²) in [6.07, 6.45) is -3.03. The lowest BCUT2D eigenvalue weighted by atomic mass is 10.2. The summed E-state index contributed by atoms with van der Waals surface area (Å²) < 4.78 is 38.4. The third kappa shape index (κ3) is 1.97. The second-order valence-electron chi connectivity index (χ2n) is 3.14. The minimum Gasteiger partial charge on any atom is -0.381 e. The predicted octanol–water partition coefficient (Wildman–Crippen LogP) is 1.87. The normalized spacial score (nSPS) is 11.7. The van der Waals surface area contributed by atoms with Gasteiger partial charge in [-0.25, -0.2) is 4.68 Å². The lowest BCUT2D eigenvalue weighted by Gasteiger charge is -2.07. The van der Waals surface area contributed by atoms with Crippen LogP contribution in [0.1, 0.15) is 5.56 Å². The van der Waals surface area contributed by atoms with Gasteiger partial charge in [-0.3, -0.25) is 0 Å². The van der Waals surface area contributed by atoms with Crippen molar-refractivity contribution >= 4 is 5.82 Å². The van der Waals surface area contributed by atoms with Crippen molar-refractivity contribution in [1.29, 1.82) is 0 Å². The fourth-order valence-electron chi connectivity index (χ4n) is 1.23. The molecule has 4 nitrogen and oxygen atoms in total. The second kappa shape index (κ2) is 3.51. The van der Waals surface area contributed by atoms with Crippen molar-refractivity contribution in [2.75, 3.05) is 5.73 Å². The van der Waals surface area contributed by atoms with E-state index in [9.17, 15) is 13.2 Å². The Morgan fingerprint density at radius 1 is 1.25 bits per heavy atom. The molecule has 0 spiro atoms. The topological polar surface area (TPSA) is 56.7 Å². The molecule has 0 atom stereocenters. The molecule has 1 heterocycles. The van der Waals surface area contributed by atoms with Gasteiger partial charge in [0.2, 0.25) is 0 Å². The summed E-state index contributed by atoms with van der Waals surface area (Å²) >= 11 is 0. The quantitative estimate of drug-likeness (QED) is 0.810. The van der Waals surface area contributed by atoms with E-state index in [1.165, 1.54) is 23.0 Å². The lowest BCUT2D eigenvalue weighted by Crippen LogP contribution is -2.06. The minimum atomic E-state index is -4.37. The first-order valence-electron chi connectivity index (χ1n) is 4.32. The van der Waals surface area contributed by atoms with E-state index in [1.54, 1.807) is 0 Å². The highest BCUT2D eigenvalue weighted by atomic mass is 19.4. The molecule has 0 unspecified atom stereocenters. The molecule has 0 saturated carbocycles. The van der Waals surface area contributed by atoms with Crippen LogP contribution < -0.4 is 5.73 Å². The lowest BCUT2D eigenvalue weighted by molar-refractivity contribution is -0.137. The van der Waals surface area contributed by atoms with Crippen LogP contribution >= 0.6 is 0 Å². The predicted molar refractivity (Wildman–Crippen MR) is 50.8 cm³/mol. The number of nitrogen functional groups attached to an aromatic ring is 1. The van der Waals surface area contributed by atoms with Gasteiger partial charge in [0.15, 0.2) is 5.82 Å². The van der Waals surface area contributed by atoms with Gasteiger partial charge in [0.1, 0.15) is 0 Å². The highest BCUT2D eigenvalue weighted by molar-refractivity contribution is 5.38. The zero-order valence-corrected chi connectivity index (χ0v) is 7.94. The number of benzene rings is 1. The van der Waals surface area contributed by atoms with Gasteiger partial charge in [-0.2, -0.15) is 13.2 Å². The van der Waals surface area contributed by atoms with Crippen LogP contribution in [-0.4, -0.2) is 15.0 Å². The molecular formula is C9H7F3N4. The molecule has 84 valence electrons. The Morgan fingerprint density at radius 3 is 2.56 bits per heavy atom. The number of alkyl halides is 3. The van der Waals surface area contributed by atoms with Crippen LogP contribution in [0, 0.1) is 0 Å². The van der Waals surface area contributed by atoms with Crippen molar-refractivity contribution in [2.45, 2.75) is 6.18 Å². The molecule has 2 rings (SSSR count).